The van der Waals surface area contributed by atoms with Gasteiger partial charge in [-0.3, -0.25) is 4.79 Å². The van der Waals surface area contributed by atoms with Crippen molar-refractivity contribution in [3.63, 3.8) is 0 Å². The number of hydrogen-bond acceptors (Lipinski definition) is 3. The molecule has 5 heteroatoms. The van der Waals surface area contributed by atoms with Crippen molar-refractivity contribution in [2.45, 2.75) is 38.6 Å². The lowest BCUT2D eigenvalue weighted by atomic mass is 9.95. The molecule has 0 aliphatic heterocycles. The van der Waals surface area contributed by atoms with Crippen LogP contribution in [0, 0.1) is 5.82 Å². The minimum absolute atomic E-state index is 0.245. The van der Waals surface area contributed by atoms with Gasteiger partial charge in [-0.2, -0.15) is 0 Å². The Bertz CT molecular complexity index is 467. The fourth-order valence-electron chi connectivity index (χ4n) is 2.33. The minimum Gasteiger partial charge on any atom is -0.480 e. The van der Waals surface area contributed by atoms with Crippen molar-refractivity contribution in [2.75, 3.05) is 25.0 Å². The highest BCUT2D eigenvalue weighted by atomic mass is 19.1. The van der Waals surface area contributed by atoms with Crippen molar-refractivity contribution < 1.29 is 14.3 Å². The second kappa shape index (κ2) is 7.98. The summed E-state index contributed by atoms with van der Waals surface area (Å²) in [7, 11) is 1.91. The predicted octanol–water partition coefficient (Wildman–Crippen LogP) is 2.89. The zero-order valence-electron chi connectivity index (χ0n) is 13.0. The van der Waals surface area contributed by atoms with Crippen LogP contribution in [0.1, 0.15) is 33.1 Å². The van der Waals surface area contributed by atoms with Gasteiger partial charge in [-0.25, -0.2) is 4.39 Å². The zero-order chi connectivity index (χ0) is 15.9. The van der Waals surface area contributed by atoms with Gasteiger partial charge in [-0.05, 0) is 50.9 Å². The number of benzene rings is 1. The molecule has 118 valence electrons. The Balaban J connectivity index is 2.41. The van der Waals surface area contributed by atoms with Crippen LogP contribution in [-0.2, 0) is 4.79 Å². The molecule has 0 radical (unpaired) electrons. The highest BCUT2D eigenvalue weighted by Crippen LogP contribution is 2.17. The Labute approximate surface area is 126 Å². The SMILES string of the molecule is CCNC(C)(CCCCN(C)c1cccc(F)c1)C(=O)O. The summed E-state index contributed by atoms with van der Waals surface area (Å²) in [6, 6.07) is 6.48. The van der Waals surface area contributed by atoms with Gasteiger partial charge >= 0.3 is 5.97 Å². The minimum atomic E-state index is -0.869. The van der Waals surface area contributed by atoms with Crippen LogP contribution in [-0.4, -0.2) is 36.8 Å². The summed E-state index contributed by atoms with van der Waals surface area (Å²) in [6.07, 6.45) is 2.24. The number of hydrogen-bond donors (Lipinski definition) is 2. The Kier molecular flexibility index (Phi) is 6.62. The molecule has 0 amide bonds. The summed E-state index contributed by atoms with van der Waals surface area (Å²) < 4.78 is 13.1. The molecule has 0 bridgehead atoms. The average molecular weight is 296 g/mol. The number of halogens is 1. The molecule has 0 aliphatic carbocycles. The van der Waals surface area contributed by atoms with Gasteiger partial charge in [0.15, 0.2) is 0 Å². The van der Waals surface area contributed by atoms with E-state index in [4.69, 9.17) is 0 Å². The number of likely N-dealkylation sites (N-methyl/N-ethyl adjacent to an activating group) is 1. The molecule has 0 aromatic heterocycles. The largest absolute Gasteiger partial charge is 0.480 e. The standard InChI is InChI=1S/C16H25FN2O2/c1-4-18-16(2,15(20)21)10-5-6-11-19(3)14-9-7-8-13(17)12-14/h7-9,12,18H,4-6,10-11H2,1-3H3,(H,20,21). The highest BCUT2D eigenvalue weighted by molar-refractivity contribution is 5.78. The first-order chi connectivity index (χ1) is 9.89. The van der Waals surface area contributed by atoms with E-state index >= 15 is 0 Å². The van der Waals surface area contributed by atoms with Crippen LogP contribution in [0.3, 0.4) is 0 Å². The van der Waals surface area contributed by atoms with Crippen molar-refractivity contribution in [2.24, 2.45) is 0 Å². The van der Waals surface area contributed by atoms with Crippen LogP contribution in [0.5, 0.6) is 0 Å². The fourth-order valence-corrected chi connectivity index (χ4v) is 2.33. The van der Waals surface area contributed by atoms with Crippen molar-refractivity contribution in [3.05, 3.63) is 30.1 Å². The summed E-state index contributed by atoms with van der Waals surface area (Å²) in [4.78, 5) is 13.3. The van der Waals surface area contributed by atoms with Crippen molar-refractivity contribution in [1.82, 2.24) is 5.32 Å². The van der Waals surface area contributed by atoms with Crippen molar-refractivity contribution in [3.8, 4) is 0 Å². The van der Waals surface area contributed by atoms with Crippen LogP contribution in [0.15, 0.2) is 24.3 Å². The van der Waals surface area contributed by atoms with Crippen LogP contribution < -0.4 is 10.2 Å². The lowest BCUT2D eigenvalue weighted by Crippen LogP contribution is -2.49. The maximum atomic E-state index is 13.1. The maximum absolute atomic E-state index is 13.1. The molecule has 0 heterocycles. The monoisotopic (exact) mass is 296 g/mol. The average Bonchev–Trinajstić information content (AvgIpc) is 2.43. The first kappa shape index (κ1) is 17.4. The number of rotatable bonds is 9. The fraction of sp³-hybridized carbons (Fsp3) is 0.562. The molecule has 0 spiro atoms. The van der Waals surface area contributed by atoms with E-state index in [0.717, 1.165) is 25.1 Å². The molecule has 0 aliphatic rings. The molecule has 1 atom stereocenters. The predicted molar refractivity (Wildman–Crippen MR) is 83.2 cm³/mol. The van der Waals surface area contributed by atoms with E-state index in [-0.39, 0.29) is 5.82 Å². The molecule has 0 saturated carbocycles. The van der Waals surface area contributed by atoms with Gasteiger partial charge in [-0.1, -0.05) is 13.0 Å². The van der Waals surface area contributed by atoms with Gasteiger partial charge in [0.05, 0.1) is 0 Å². The van der Waals surface area contributed by atoms with Crippen LogP contribution in [0.25, 0.3) is 0 Å². The number of carbonyl (C=O) groups is 1. The number of anilines is 1. The third-order valence-electron chi connectivity index (χ3n) is 3.71. The smallest absolute Gasteiger partial charge is 0.323 e. The van der Waals surface area contributed by atoms with E-state index in [2.05, 4.69) is 5.32 Å². The summed E-state index contributed by atoms with van der Waals surface area (Å²) in [5, 5.41) is 12.3. The van der Waals surface area contributed by atoms with Gasteiger partial charge < -0.3 is 15.3 Å². The third kappa shape index (κ3) is 5.34. The summed E-state index contributed by atoms with van der Waals surface area (Å²) in [5.74, 6) is -1.06. The Morgan fingerprint density at radius 2 is 2.14 bits per heavy atom. The van der Waals surface area contributed by atoms with E-state index in [0.29, 0.717) is 13.0 Å². The summed E-state index contributed by atoms with van der Waals surface area (Å²) in [5.41, 5.74) is -0.0331. The molecule has 2 N–H and O–H groups in total. The van der Waals surface area contributed by atoms with E-state index in [1.54, 1.807) is 13.0 Å². The maximum Gasteiger partial charge on any atom is 0.323 e. The number of carboxylic acid groups (broad SMARTS) is 1. The molecule has 1 unspecified atom stereocenters. The van der Waals surface area contributed by atoms with E-state index < -0.39 is 11.5 Å². The van der Waals surface area contributed by atoms with Crippen LogP contribution in [0.4, 0.5) is 10.1 Å². The molecular weight excluding hydrogens is 271 g/mol. The quantitative estimate of drug-likeness (QED) is 0.688. The normalized spacial score (nSPS) is 13.7. The van der Waals surface area contributed by atoms with Crippen LogP contribution >= 0.6 is 0 Å². The number of carboxylic acids is 1. The van der Waals surface area contributed by atoms with E-state index in [1.165, 1.54) is 12.1 Å². The molecule has 1 aromatic rings. The van der Waals surface area contributed by atoms with E-state index in [1.807, 2.05) is 24.9 Å². The molecule has 21 heavy (non-hydrogen) atoms. The Hall–Kier alpha value is -1.62. The lowest BCUT2D eigenvalue weighted by molar-refractivity contribution is -0.144. The van der Waals surface area contributed by atoms with Crippen molar-refractivity contribution in [1.29, 1.82) is 0 Å². The molecule has 0 fully saturated rings. The molecule has 1 aromatic carbocycles. The first-order valence-corrected chi connectivity index (χ1v) is 7.34. The molecule has 0 saturated heterocycles. The summed E-state index contributed by atoms with van der Waals surface area (Å²) >= 11 is 0. The van der Waals surface area contributed by atoms with Crippen molar-refractivity contribution >= 4 is 11.7 Å². The van der Waals surface area contributed by atoms with Gasteiger partial charge in [0.1, 0.15) is 11.4 Å². The van der Waals surface area contributed by atoms with E-state index in [9.17, 15) is 14.3 Å². The molecule has 1 rings (SSSR count). The second-order valence-electron chi connectivity index (χ2n) is 5.53. The number of nitrogens with zero attached hydrogens (tertiary/aromatic N) is 1. The topological polar surface area (TPSA) is 52.6 Å². The molecule has 4 nitrogen and oxygen atoms in total. The third-order valence-corrected chi connectivity index (χ3v) is 3.71. The Morgan fingerprint density at radius 1 is 1.43 bits per heavy atom. The van der Waals surface area contributed by atoms with Crippen LogP contribution in [0.2, 0.25) is 0 Å². The van der Waals surface area contributed by atoms with Gasteiger partial charge in [0.25, 0.3) is 0 Å². The summed E-state index contributed by atoms with van der Waals surface area (Å²) in [6.45, 7) is 5.02. The second-order valence-corrected chi connectivity index (χ2v) is 5.53. The zero-order valence-corrected chi connectivity index (χ0v) is 13.0. The lowest BCUT2D eigenvalue weighted by Gasteiger charge is -2.26. The number of unbranched alkanes of at least 4 members (excludes halogenated alkanes) is 1. The van der Waals surface area contributed by atoms with Gasteiger partial charge in [-0.15, -0.1) is 0 Å². The Morgan fingerprint density at radius 3 is 2.71 bits per heavy atom. The highest BCUT2D eigenvalue weighted by Gasteiger charge is 2.30. The first-order valence-electron chi connectivity index (χ1n) is 7.34. The van der Waals surface area contributed by atoms with Gasteiger partial charge in [0.2, 0.25) is 0 Å². The van der Waals surface area contributed by atoms with Gasteiger partial charge in [0, 0.05) is 19.3 Å². The number of aliphatic carboxylic acids is 1. The molecular formula is C16H25FN2O2. The number of nitrogens with one attached hydrogen (secondary N) is 1.